The average molecular weight is 439 g/mol. The summed E-state index contributed by atoms with van der Waals surface area (Å²) in [6.07, 6.45) is 4.46. The van der Waals surface area contributed by atoms with Crippen LogP contribution in [-0.2, 0) is 17.1 Å². The zero-order valence-electron chi connectivity index (χ0n) is 18.2. The molecule has 1 aliphatic heterocycles. The van der Waals surface area contributed by atoms with Crippen molar-refractivity contribution in [3.8, 4) is 5.75 Å². The highest BCUT2D eigenvalue weighted by molar-refractivity contribution is 7.97. The minimum Gasteiger partial charge on any atom is -0.497 e. The molecule has 0 spiro atoms. The Morgan fingerprint density at radius 2 is 2.00 bits per heavy atom. The topological polar surface area (TPSA) is 59.4 Å². The van der Waals surface area contributed by atoms with Crippen molar-refractivity contribution in [3.05, 3.63) is 59.9 Å². The minimum atomic E-state index is 0.0117. The van der Waals surface area contributed by atoms with Crippen molar-refractivity contribution in [3.63, 3.8) is 0 Å². The fourth-order valence-electron chi connectivity index (χ4n) is 4.31. The van der Waals surface area contributed by atoms with E-state index in [-0.39, 0.29) is 18.5 Å². The van der Waals surface area contributed by atoms with E-state index in [1.165, 1.54) is 18.4 Å². The summed E-state index contributed by atoms with van der Waals surface area (Å²) in [6, 6.07) is 16.3. The van der Waals surface area contributed by atoms with Crippen LogP contribution in [0.1, 0.15) is 30.3 Å². The molecule has 1 aromatic heterocycles. The van der Waals surface area contributed by atoms with Gasteiger partial charge >= 0.3 is 0 Å². The number of fused-ring (bicyclic) bond motifs is 1. The van der Waals surface area contributed by atoms with E-state index in [9.17, 15) is 4.79 Å². The fourth-order valence-corrected chi connectivity index (χ4v) is 4.79. The summed E-state index contributed by atoms with van der Waals surface area (Å²) in [7, 11) is 1.69. The maximum absolute atomic E-state index is 13.0. The lowest BCUT2D eigenvalue weighted by Gasteiger charge is -2.28. The van der Waals surface area contributed by atoms with Gasteiger partial charge in [-0.2, -0.15) is 11.8 Å². The summed E-state index contributed by atoms with van der Waals surface area (Å²) < 4.78 is 7.46. The maximum atomic E-state index is 13.0. The second kappa shape index (κ2) is 10.2. The largest absolute Gasteiger partial charge is 0.497 e. The number of nitrogens with zero attached hydrogens (tertiary/aromatic N) is 3. The zero-order valence-corrected chi connectivity index (χ0v) is 19.0. The van der Waals surface area contributed by atoms with Crippen LogP contribution in [0.5, 0.6) is 5.75 Å². The zero-order chi connectivity index (χ0) is 21.6. The highest BCUT2D eigenvalue weighted by Gasteiger charge is 2.24. The number of carbonyl (C=O) groups is 1. The maximum Gasteiger partial charge on any atom is 0.240 e. The third kappa shape index (κ3) is 5.05. The van der Waals surface area contributed by atoms with Crippen molar-refractivity contribution in [1.29, 1.82) is 0 Å². The number of imidazole rings is 1. The molecule has 3 aromatic rings. The Balaban J connectivity index is 1.49. The first-order valence-electron chi connectivity index (χ1n) is 10.8. The van der Waals surface area contributed by atoms with Crippen LogP contribution in [0.25, 0.3) is 11.0 Å². The van der Waals surface area contributed by atoms with Gasteiger partial charge in [-0.05, 0) is 62.0 Å². The van der Waals surface area contributed by atoms with Gasteiger partial charge in [0.15, 0.2) is 0 Å². The first kappa shape index (κ1) is 21.7. The van der Waals surface area contributed by atoms with Crippen molar-refractivity contribution in [2.24, 2.45) is 0 Å². The van der Waals surface area contributed by atoms with E-state index >= 15 is 0 Å². The fraction of sp³-hybridized carbons (Fsp3) is 0.417. The SMILES string of the molecule is COc1cccc(C(CNC(=O)Cn2c(CSC)nc3ccccc32)N2CCCC2)c1. The molecule has 164 valence electrons. The van der Waals surface area contributed by atoms with Crippen LogP contribution in [0.2, 0.25) is 0 Å². The molecule has 7 heteroatoms. The van der Waals surface area contributed by atoms with E-state index in [1.807, 2.05) is 41.0 Å². The van der Waals surface area contributed by atoms with E-state index in [0.717, 1.165) is 41.4 Å². The molecular formula is C24H30N4O2S. The van der Waals surface area contributed by atoms with Gasteiger partial charge in [0.1, 0.15) is 18.1 Å². The third-order valence-electron chi connectivity index (χ3n) is 5.86. The molecular weight excluding hydrogens is 408 g/mol. The van der Waals surface area contributed by atoms with Crippen LogP contribution in [0.4, 0.5) is 0 Å². The van der Waals surface area contributed by atoms with Gasteiger partial charge in [0.2, 0.25) is 5.91 Å². The van der Waals surface area contributed by atoms with E-state index in [1.54, 1.807) is 18.9 Å². The molecule has 1 N–H and O–H groups in total. The summed E-state index contributed by atoms with van der Waals surface area (Å²) in [5, 5.41) is 3.19. The van der Waals surface area contributed by atoms with Gasteiger partial charge in [-0.1, -0.05) is 24.3 Å². The second-order valence-corrected chi connectivity index (χ2v) is 8.74. The molecule has 1 amide bonds. The molecule has 1 atom stereocenters. The molecule has 0 aliphatic carbocycles. The number of nitrogens with one attached hydrogen (secondary N) is 1. The highest BCUT2D eigenvalue weighted by Crippen LogP contribution is 2.27. The molecule has 2 aromatic carbocycles. The molecule has 0 bridgehead atoms. The van der Waals surface area contributed by atoms with E-state index in [2.05, 4.69) is 28.6 Å². The van der Waals surface area contributed by atoms with Crippen molar-refractivity contribution < 1.29 is 9.53 Å². The number of carbonyl (C=O) groups excluding carboxylic acids is 1. The number of hydrogen-bond donors (Lipinski definition) is 1. The van der Waals surface area contributed by atoms with Crippen LogP contribution in [0.3, 0.4) is 0 Å². The van der Waals surface area contributed by atoms with Crippen LogP contribution in [-0.4, -0.2) is 53.4 Å². The van der Waals surface area contributed by atoms with Crippen LogP contribution >= 0.6 is 11.8 Å². The first-order valence-corrected chi connectivity index (χ1v) is 12.2. The number of ether oxygens (including phenoxy) is 1. The van der Waals surface area contributed by atoms with Crippen LogP contribution < -0.4 is 10.1 Å². The number of benzene rings is 2. The van der Waals surface area contributed by atoms with Crippen molar-refractivity contribution in [1.82, 2.24) is 19.8 Å². The van der Waals surface area contributed by atoms with Gasteiger partial charge < -0.3 is 14.6 Å². The van der Waals surface area contributed by atoms with Crippen LogP contribution in [0, 0.1) is 0 Å². The third-order valence-corrected chi connectivity index (χ3v) is 6.41. The molecule has 31 heavy (non-hydrogen) atoms. The number of para-hydroxylation sites is 2. The standard InChI is InChI=1S/C24H30N4O2S/c1-30-19-9-7-8-18(14-19)22(27-12-5-6-13-27)15-25-24(29)16-28-21-11-4-3-10-20(21)26-23(28)17-31-2/h3-4,7-11,14,22H,5-6,12-13,15-17H2,1-2H3,(H,25,29). The molecule has 1 saturated heterocycles. The van der Waals surface area contributed by atoms with Gasteiger partial charge in [0.25, 0.3) is 0 Å². The quantitative estimate of drug-likeness (QED) is 0.550. The van der Waals surface area contributed by atoms with Gasteiger partial charge in [-0.3, -0.25) is 9.69 Å². The molecule has 1 fully saturated rings. The minimum absolute atomic E-state index is 0.0117. The Labute approximate surface area is 188 Å². The van der Waals surface area contributed by atoms with E-state index < -0.39 is 0 Å². The molecule has 1 unspecified atom stereocenters. The molecule has 2 heterocycles. The first-order chi connectivity index (χ1) is 15.2. The van der Waals surface area contributed by atoms with Crippen molar-refractivity contribution >= 4 is 28.7 Å². The van der Waals surface area contributed by atoms with Gasteiger partial charge in [-0.15, -0.1) is 0 Å². The number of likely N-dealkylation sites (tertiary alicyclic amines) is 1. The monoisotopic (exact) mass is 438 g/mol. The Bertz CT molecular complexity index is 1030. The Morgan fingerprint density at radius 1 is 1.19 bits per heavy atom. The number of aromatic nitrogens is 2. The number of methoxy groups -OCH3 is 1. The molecule has 0 radical (unpaired) electrons. The summed E-state index contributed by atoms with van der Waals surface area (Å²) in [4.78, 5) is 20.2. The van der Waals surface area contributed by atoms with Crippen molar-refractivity contribution in [2.45, 2.75) is 31.2 Å². The van der Waals surface area contributed by atoms with Crippen molar-refractivity contribution in [2.75, 3.05) is 33.0 Å². The Morgan fingerprint density at radius 3 is 2.77 bits per heavy atom. The van der Waals surface area contributed by atoms with Gasteiger partial charge in [0.05, 0.1) is 29.9 Å². The van der Waals surface area contributed by atoms with E-state index in [4.69, 9.17) is 9.72 Å². The van der Waals surface area contributed by atoms with Gasteiger partial charge in [0, 0.05) is 6.54 Å². The summed E-state index contributed by atoms with van der Waals surface area (Å²) in [6.45, 7) is 2.97. The number of rotatable bonds is 9. The smallest absolute Gasteiger partial charge is 0.240 e. The summed E-state index contributed by atoms with van der Waals surface area (Å²) in [5.74, 6) is 2.58. The van der Waals surface area contributed by atoms with Gasteiger partial charge in [-0.25, -0.2) is 4.98 Å². The lowest BCUT2D eigenvalue weighted by Crippen LogP contribution is -2.38. The lowest BCUT2D eigenvalue weighted by molar-refractivity contribution is -0.121. The molecule has 4 rings (SSSR count). The Kier molecular flexibility index (Phi) is 7.14. The summed E-state index contributed by atoms with van der Waals surface area (Å²) >= 11 is 1.71. The second-order valence-electron chi connectivity index (χ2n) is 7.88. The molecule has 6 nitrogen and oxygen atoms in total. The molecule has 0 saturated carbocycles. The molecule has 1 aliphatic rings. The predicted octanol–water partition coefficient (Wildman–Crippen LogP) is 3.86. The van der Waals surface area contributed by atoms with E-state index in [0.29, 0.717) is 6.54 Å². The normalized spacial score (nSPS) is 15.3. The Hall–Kier alpha value is -2.51. The number of thioether (sulfide) groups is 1. The highest BCUT2D eigenvalue weighted by atomic mass is 32.2. The average Bonchev–Trinajstić information content (AvgIpc) is 3.43. The summed E-state index contributed by atoms with van der Waals surface area (Å²) in [5.41, 5.74) is 3.12. The lowest BCUT2D eigenvalue weighted by atomic mass is 10.0. The predicted molar refractivity (Wildman–Crippen MR) is 127 cm³/mol. The van der Waals surface area contributed by atoms with Crippen LogP contribution in [0.15, 0.2) is 48.5 Å². The number of amides is 1. The number of hydrogen-bond acceptors (Lipinski definition) is 5.